The lowest BCUT2D eigenvalue weighted by Gasteiger charge is -2.13. The average molecular weight is 496 g/mol. The molecule has 0 spiro atoms. The van der Waals surface area contributed by atoms with Crippen molar-refractivity contribution in [1.82, 2.24) is 0 Å². The van der Waals surface area contributed by atoms with Crippen LogP contribution in [0.5, 0.6) is 0 Å². The highest BCUT2D eigenvalue weighted by Crippen LogP contribution is 2.35. The van der Waals surface area contributed by atoms with Crippen LogP contribution in [0.3, 0.4) is 0 Å². The summed E-state index contributed by atoms with van der Waals surface area (Å²) < 4.78 is 0. The van der Waals surface area contributed by atoms with Gasteiger partial charge in [0, 0.05) is 27.8 Å². The Morgan fingerprint density at radius 1 is 0.474 bits per heavy atom. The third-order valence-corrected chi connectivity index (χ3v) is 6.29. The Morgan fingerprint density at radius 3 is 1.53 bits per heavy atom. The first kappa shape index (κ1) is 22.9. The van der Waals surface area contributed by atoms with E-state index in [4.69, 9.17) is 4.99 Å². The molecule has 5 heterocycles. The summed E-state index contributed by atoms with van der Waals surface area (Å²) in [6.45, 7) is 0. The Labute approximate surface area is 216 Å². The highest BCUT2D eigenvalue weighted by atomic mass is 16.1. The highest BCUT2D eigenvalue weighted by molar-refractivity contribution is 6.20. The lowest BCUT2D eigenvalue weighted by molar-refractivity contribution is 0.107. The van der Waals surface area contributed by atoms with E-state index in [0.29, 0.717) is 64.8 Å². The quantitative estimate of drug-likeness (QED) is 0.563. The Hall–Kier alpha value is -5.50. The summed E-state index contributed by atoms with van der Waals surface area (Å²) in [4.78, 5) is 66.1. The highest BCUT2D eigenvalue weighted by Gasteiger charge is 2.24. The number of nitrogens with zero attached hydrogens (tertiary/aromatic N) is 4. The molecule has 6 rings (SSSR count). The maximum atomic E-state index is 12.1. The van der Waals surface area contributed by atoms with Gasteiger partial charge in [0.25, 0.3) is 0 Å². The lowest BCUT2D eigenvalue weighted by Crippen LogP contribution is -2.07. The second-order valence-corrected chi connectivity index (χ2v) is 8.67. The topological polar surface area (TPSA) is 118 Å². The fraction of sp³-hybridized carbons (Fsp3) is 0. The van der Waals surface area contributed by atoms with Crippen LogP contribution in [-0.2, 0) is 0 Å². The van der Waals surface area contributed by atoms with Crippen LogP contribution in [0.4, 0.5) is 0 Å². The molecule has 0 amide bonds. The van der Waals surface area contributed by atoms with Crippen LogP contribution in [0.2, 0.25) is 0 Å². The molecule has 5 aliphatic rings. The number of aliphatic imine (C=N–C) groups is 4. The molecule has 38 heavy (non-hydrogen) atoms. The maximum absolute atomic E-state index is 12.1. The van der Waals surface area contributed by atoms with Crippen LogP contribution in [-0.4, -0.2) is 48.0 Å². The number of hydrogen-bond acceptors (Lipinski definition) is 8. The fourth-order valence-electron chi connectivity index (χ4n) is 4.58. The van der Waals surface area contributed by atoms with E-state index < -0.39 is 0 Å². The molecule has 0 atom stereocenters. The molecule has 1 aromatic rings. The Bertz CT molecular complexity index is 1760. The fourth-order valence-corrected chi connectivity index (χ4v) is 4.58. The van der Waals surface area contributed by atoms with Crippen molar-refractivity contribution in [3.8, 4) is 0 Å². The van der Waals surface area contributed by atoms with Gasteiger partial charge in [0.15, 0.2) is 25.1 Å². The number of fused-ring (bicyclic) bond motifs is 4. The predicted octanol–water partition coefficient (Wildman–Crippen LogP) is 4.36. The van der Waals surface area contributed by atoms with E-state index in [0.717, 1.165) is 17.1 Å². The third-order valence-electron chi connectivity index (χ3n) is 6.29. The van der Waals surface area contributed by atoms with Crippen LogP contribution in [0.25, 0.3) is 5.57 Å². The van der Waals surface area contributed by atoms with Crippen molar-refractivity contribution in [2.45, 2.75) is 0 Å². The molecule has 180 valence electrons. The van der Waals surface area contributed by atoms with Gasteiger partial charge in [-0.2, -0.15) is 0 Å². The smallest absolute Gasteiger partial charge is 0.151 e. The average Bonchev–Trinajstić information content (AvgIpc) is 3.72. The molecular weight excluding hydrogens is 480 g/mol. The minimum absolute atomic E-state index is 0.00126. The number of benzene rings is 1. The van der Waals surface area contributed by atoms with Gasteiger partial charge in [0.1, 0.15) is 0 Å². The first-order chi connectivity index (χ1) is 18.6. The summed E-state index contributed by atoms with van der Waals surface area (Å²) in [7, 11) is 0. The minimum atomic E-state index is -0.145. The normalized spacial score (nSPS) is 18.5. The minimum Gasteiger partial charge on any atom is -0.298 e. The van der Waals surface area contributed by atoms with Crippen molar-refractivity contribution >= 4 is 53.6 Å². The largest absolute Gasteiger partial charge is 0.298 e. The zero-order chi connectivity index (χ0) is 26.2. The van der Waals surface area contributed by atoms with Crippen molar-refractivity contribution in [2.24, 2.45) is 20.0 Å². The summed E-state index contributed by atoms with van der Waals surface area (Å²) in [6, 6.07) is 1.43. The predicted molar refractivity (Wildman–Crippen MR) is 145 cm³/mol. The molecule has 5 aliphatic heterocycles. The molecule has 0 saturated carbocycles. The van der Waals surface area contributed by atoms with Gasteiger partial charge in [0.2, 0.25) is 0 Å². The van der Waals surface area contributed by atoms with Crippen LogP contribution in [0.15, 0.2) is 116 Å². The molecule has 0 N–H and O–H groups in total. The number of carbonyl (C=O) groups is 4. The molecule has 0 aliphatic carbocycles. The first-order valence-corrected chi connectivity index (χ1v) is 11.6. The lowest BCUT2D eigenvalue weighted by atomic mass is 9.88. The molecule has 1 aromatic carbocycles. The zero-order valence-electron chi connectivity index (χ0n) is 19.7. The van der Waals surface area contributed by atoms with Crippen LogP contribution >= 0.6 is 0 Å². The van der Waals surface area contributed by atoms with Crippen molar-refractivity contribution in [2.75, 3.05) is 0 Å². The van der Waals surface area contributed by atoms with Gasteiger partial charge in [-0.1, -0.05) is 0 Å². The summed E-state index contributed by atoms with van der Waals surface area (Å²) in [5.41, 5.74) is 5.81. The van der Waals surface area contributed by atoms with E-state index in [9.17, 15) is 19.2 Å². The number of hydrogen-bond donors (Lipinski definition) is 0. The number of carbonyl (C=O) groups excluding carboxylic acids is 4. The van der Waals surface area contributed by atoms with Crippen molar-refractivity contribution < 1.29 is 19.2 Å². The van der Waals surface area contributed by atoms with Gasteiger partial charge in [-0.3, -0.25) is 19.2 Å². The van der Waals surface area contributed by atoms with Crippen LogP contribution in [0, 0.1) is 0 Å². The molecule has 0 saturated heterocycles. The summed E-state index contributed by atoms with van der Waals surface area (Å²) in [6.07, 6.45) is 22.0. The van der Waals surface area contributed by atoms with Crippen molar-refractivity contribution in [3.05, 3.63) is 124 Å². The van der Waals surface area contributed by atoms with Gasteiger partial charge in [-0.15, -0.1) is 0 Å². The van der Waals surface area contributed by atoms with E-state index >= 15 is 0 Å². The molecule has 8 nitrogen and oxygen atoms in total. The monoisotopic (exact) mass is 496 g/mol. The van der Waals surface area contributed by atoms with Gasteiger partial charge in [-0.25, -0.2) is 20.0 Å². The van der Waals surface area contributed by atoms with Gasteiger partial charge in [-0.05, 0) is 78.5 Å². The van der Waals surface area contributed by atoms with Crippen LogP contribution in [0.1, 0.15) is 47.0 Å². The van der Waals surface area contributed by atoms with E-state index in [1.54, 1.807) is 18.2 Å². The third kappa shape index (κ3) is 4.00. The van der Waals surface area contributed by atoms with E-state index in [1.807, 2.05) is 48.6 Å². The maximum Gasteiger partial charge on any atom is 0.151 e. The van der Waals surface area contributed by atoms with Gasteiger partial charge in [0.05, 0.1) is 45.6 Å². The Morgan fingerprint density at radius 2 is 1.00 bits per heavy atom. The molecule has 0 fully saturated rings. The zero-order valence-corrected chi connectivity index (χ0v) is 19.7. The summed E-state index contributed by atoms with van der Waals surface area (Å²) in [5.74, 6) is 0. The second-order valence-electron chi connectivity index (χ2n) is 8.67. The molecule has 8 bridgehead atoms. The van der Waals surface area contributed by atoms with E-state index in [2.05, 4.69) is 15.0 Å². The number of aldehydes is 4. The van der Waals surface area contributed by atoms with Gasteiger partial charge < -0.3 is 0 Å². The van der Waals surface area contributed by atoms with Gasteiger partial charge >= 0.3 is 0 Å². The van der Waals surface area contributed by atoms with E-state index in [1.165, 1.54) is 6.07 Å². The standard InChI is InChI=1S/C30H16N4O4/c35-13-17-7-25(28(15-37)29(16-38)27(17)14-36)26-11-24-10-22-4-3-20(32-22)8-18-1-2-19(31-18)9-21-5-6-23(33-21)12-30(26)34-24/h1-16H. The van der Waals surface area contributed by atoms with E-state index in [-0.39, 0.29) is 22.3 Å². The number of allylic oxidation sites excluding steroid dienone is 12. The molecular formula is C30H16N4O4. The van der Waals surface area contributed by atoms with Crippen molar-refractivity contribution in [3.63, 3.8) is 0 Å². The summed E-state index contributed by atoms with van der Waals surface area (Å²) in [5, 5.41) is 0. The SMILES string of the molecule is O=Cc1cc(C2=CC3=NC2=CC2=NC(=CC4=NC(=CC5=NC(=C3)C=C5)C=C4)C=C2)c(C=O)c(C=O)c1C=O. The first-order valence-electron chi connectivity index (χ1n) is 11.6. The molecule has 8 heteroatoms. The Balaban J connectivity index is 1.57. The number of rotatable bonds is 5. The molecule has 0 radical (unpaired) electrons. The summed E-state index contributed by atoms with van der Waals surface area (Å²) >= 11 is 0. The molecule has 0 unspecified atom stereocenters. The second kappa shape index (κ2) is 9.18. The Kier molecular flexibility index (Phi) is 5.54. The van der Waals surface area contributed by atoms with Crippen molar-refractivity contribution in [1.29, 1.82) is 0 Å². The van der Waals surface area contributed by atoms with Crippen LogP contribution < -0.4 is 0 Å². The molecule has 0 aromatic heterocycles.